The maximum Gasteiger partial charge on any atom is 0.229 e. The fourth-order valence-corrected chi connectivity index (χ4v) is 4.09. The van der Waals surface area contributed by atoms with Crippen molar-refractivity contribution in [1.82, 2.24) is 25.0 Å². The molecule has 1 atom stereocenters. The quantitative estimate of drug-likeness (QED) is 0.643. The Kier molecular flexibility index (Phi) is 5.11. The van der Waals surface area contributed by atoms with Gasteiger partial charge in [0.05, 0.1) is 32.5 Å². The fourth-order valence-electron chi connectivity index (χ4n) is 4.09. The van der Waals surface area contributed by atoms with E-state index in [0.29, 0.717) is 56.4 Å². The minimum Gasteiger partial charge on any atom is -0.497 e. The maximum absolute atomic E-state index is 10.5. The molecule has 0 saturated carbocycles. The molecule has 0 spiro atoms. The topological polar surface area (TPSA) is 102 Å². The van der Waals surface area contributed by atoms with E-state index >= 15 is 0 Å². The number of hydrogen-bond donors (Lipinski definition) is 1. The molecule has 2 aliphatic rings. The van der Waals surface area contributed by atoms with E-state index in [-0.39, 0.29) is 0 Å². The van der Waals surface area contributed by atoms with Crippen molar-refractivity contribution in [2.45, 2.75) is 25.5 Å². The van der Waals surface area contributed by atoms with E-state index in [0.717, 1.165) is 30.2 Å². The van der Waals surface area contributed by atoms with Gasteiger partial charge in [-0.3, -0.25) is 0 Å². The van der Waals surface area contributed by atoms with E-state index in [1.165, 1.54) is 0 Å². The molecule has 10 heteroatoms. The molecule has 0 aliphatic carbocycles. The molecule has 2 saturated heterocycles. The van der Waals surface area contributed by atoms with Crippen LogP contribution < -0.4 is 14.5 Å². The first-order valence-corrected chi connectivity index (χ1v) is 10.6. The molecular formula is C21H27N7O3. The van der Waals surface area contributed by atoms with E-state index in [9.17, 15) is 5.11 Å². The van der Waals surface area contributed by atoms with Gasteiger partial charge in [0.2, 0.25) is 5.95 Å². The van der Waals surface area contributed by atoms with Gasteiger partial charge >= 0.3 is 0 Å². The Labute approximate surface area is 180 Å². The number of aromatic nitrogens is 5. The second-order valence-electron chi connectivity index (χ2n) is 8.38. The van der Waals surface area contributed by atoms with Crippen LogP contribution in [-0.4, -0.2) is 82.2 Å². The van der Waals surface area contributed by atoms with Crippen LogP contribution in [0.3, 0.4) is 0 Å². The van der Waals surface area contributed by atoms with E-state index in [1.54, 1.807) is 11.8 Å². The Morgan fingerprint density at radius 3 is 2.55 bits per heavy atom. The molecule has 10 nitrogen and oxygen atoms in total. The molecule has 31 heavy (non-hydrogen) atoms. The number of ether oxygens (including phenoxy) is 2. The number of hydrogen-bond acceptors (Lipinski definition) is 9. The number of rotatable bonds is 5. The number of fused-ring (bicyclic) bond motifs is 1. The normalized spacial score (nSPS) is 21.8. The van der Waals surface area contributed by atoms with Crippen molar-refractivity contribution < 1.29 is 14.6 Å². The zero-order chi connectivity index (χ0) is 21.4. The summed E-state index contributed by atoms with van der Waals surface area (Å²) in [5.41, 5.74) is 1.68. The lowest BCUT2D eigenvalue weighted by atomic mass is 10.1. The number of methoxy groups -OCH3 is 1. The van der Waals surface area contributed by atoms with Crippen LogP contribution in [0.4, 0.5) is 11.8 Å². The monoisotopic (exact) mass is 425 g/mol. The van der Waals surface area contributed by atoms with E-state index in [2.05, 4.69) is 20.1 Å². The van der Waals surface area contributed by atoms with Gasteiger partial charge in [-0.1, -0.05) is 17.3 Å². The van der Waals surface area contributed by atoms with Crippen molar-refractivity contribution >= 4 is 22.9 Å². The molecule has 0 unspecified atom stereocenters. The van der Waals surface area contributed by atoms with Gasteiger partial charge in [-0.25, -0.2) is 4.68 Å². The molecule has 4 heterocycles. The van der Waals surface area contributed by atoms with Crippen LogP contribution >= 0.6 is 0 Å². The number of β-amino-alcohol motifs (C(OH)–C–C–N with tert-alkyl or cyclic N) is 1. The maximum atomic E-state index is 10.5. The van der Waals surface area contributed by atoms with Crippen LogP contribution in [0.2, 0.25) is 0 Å². The Morgan fingerprint density at radius 2 is 1.87 bits per heavy atom. The number of nitrogens with zero attached hydrogens (tertiary/aromatic N) is 7. The summed E-state index contributed by atoms with van der Waals surface area (Å²) in [7, 11) is 1.65. The van der Waals surface area contributed by atoms with Gasteiger partial charge in [-0.15, -0.1) is 5.10 Å². The van der Waals surface area contributed by atoms with E-state index in [1.807, 2.05) is 31.2 Å². The largest absolute Gasteiger partial charge is 0.497 e. The predicted molar refractivity (Wildman–Crippen MR) is 116 cm³/mol. The third kappa shape index (κ3) is 4.00. The van der Waals surface area contributed by atoms with Crippen molar-refractivity contribution in [1.29, 1.82) is 0 Å². The first-order chi connectivity index (χ1) is 15.0. The molecule has 0 radical (unpaired) electrons. The van der Waals surface area contributed by atoms with Gasteiger partial charge in [0.25, 0.3) is 0 Å². The zero-order valence-electron chi connectivity index (χ0n) is 17.9. The van der Waals surface area contributed by atoms with Crippen molar-refractivity contribution in [2.24, 2.45) is 0 Å². The summed E-state index contributed by atoms with van der Waals surface area (Å²) < 4.78 is 12.5. The van der Waals surface area contributed by atoms with Crippen LogP contribution in [0.25, 0.3) is 11.2 Å². The number of anilines is 2. The van der Waals surface area contributed by atoms with Gasteiger partial charge in [0, 0.05) is 26.2 Å². The highest BCUT2D eigenvalue weighted by molar-refractivity contribution is 5.84. The highest BCUT2D eigenvalue weighted by Gasteiger charge is 2.34. The van der Waals surface area contributed by atoms with Gasteiger partial charge in [0.15, 0.2) is 17.0 Å². The SMILES string of the molecule is COc1ccc(Cn2nnc3c(N4CC[C@](C)(O)C4)nc(N4CCOCC4)nc32)cc1. The molecule has 0 amide bonds. The van der Waals surface area contributed by atoms with Crippen LogP contribution in [0.5, 0.6) is 5.75 Å². The van der Waals surface area contributed by atoms with Crippen LogP contribution in [-0.2, 0) is 11.3 Å². The molecule has 0 bridgehead atoms. The van der Waals surface area contributed by atoms with Gasteiger partial charge in [-0.05, 0) is 31.0 Å². The van der Waals surface area contributed by atoms with Crippen molar-refractivity contribution in [2.75, 3.05) is 56.3 Å². The summed E-state index contributed by atoms with van der Waals surface area (Å²) in [5, 5.41) is 19.3. The standard InChI is InChI=1S/C21H27N7O3/c1-21(29)7-8-27(14-21)18-17-19(23-20(22-18)26-9-11-31-12-10-26)28(25-24-17)13-15-3-5-16(30-2)6-4-15/h3-6,29H,7-14H2,1-2H3/t21-/m0/s1. The van der Waals surface area contributed by atoms with Crippen LogP contribution in [0.15, 0.2) is 24.3 Å². The third-order valence-corrected chi connectivity index (χ3v) is 5.87. The lowest BCUT2D eigenvalue weighted by Gasteiger charge is -2.28. The second-order valence-corrected chi connectivity index (χ2v) is 8.38. The highest BCUT2D eigenvalue weighted by atomic mass is 16.5. The summed E-state index contributed by atoms with van der Waals surface area (Å²) in [6.07, 6.45) is 0.686. The lowest BCUT2D eigenvalue weighted by Crippen LogP contribution is -2.38. The third-order valence-electron chi connectivity index (χ3n) is 5.87. The summed E-state index contributed by atoms with van der Waals surface area (Å²) in [4.78, 5) is 13.9. The Balaban J connectivity index is 1.55. The summed E-state index contributed by atoms with van der Waals surface area (Å²) >= 11 is 0. The molecule has 2 aliphatic heterocycles. The fraction of sp³-hybridized carbons (Fsp3) is 0.524. The molecule has 3 aromatic rings. The lowest BCUT2D eigenvalue weighted by molar-refractivity contribution is 0.0839. The summed E-state index contributed by atoms with van der Waals surface area (Å²) in [5.74, 6) is 2.19. The van der Waals surface area contributed by atoms with Crippen molar-refractivity contribution in [3.05, 3.63) is 29.8 Å². The average Bonchev–Trinajstić information content (AvgIpc) is 3.37. The van der Waals surface area contributed by atoms with Gasteiger partial charge < -0.3 is 24.4 Å². The molecular weight excluding hydrogens is 398 g/mol. The molecule has 2 aromatic heterocycles. The van der Waals surface area contributed by atoms with Crippen molar-refractivity contribution in [3.63, 3.8) is 0 Å². The van der Waals surface area contributed by atoms with Gasteiger partial charge in [0.1, 0.15) is 5.75 Å². The van der Waals surface area contributed by atoms with E-state index < -0.39 is 5.60 Å². The van der Waals surface area contributed by atoms with E-state index in [4.69, 9.17) is 19.4 Å². The predicted octanol–water partition coefficient (Wildman–Crippen LogP) is 1.08. The van der Waals surface area contributed by atoms with Crippen molar-refractivity contribution in [3.8, 4) is 5.75 Å². The minimum atomic E-state index is -0.741. The second kappa shape index (κ2) is 7.93. The smallest absolute Gasteiger partial charge is 0.229 e. The summed E-state index contributed by atoms with van der Waals surface area (Å²) in [6.45, 7) is 6.40. The molecule has 2 fully saturated rings. The number of aliphatic hydroxyl groups is 1. The molecule has 1 aromatic carbocycles. The Bertz CT molecular complexity index is 1060. The minimum absolute atomic E-state index is 0.507. The molecule has 1 N–H and O–H groups in total. The summed E-state index contributed by atoms with van der Waals surface area (Å²) in [6, 6.07) is 7.88. The number of morpholine rings is 1. The van der Waals surface area contributed by atoms with Gasteiger partial charge in [-0.2, -0.15) is 9.97 Å². The zero-order valence-corrected chi connectivity index (χ0v) is 17.9. The molecule has 164 valence electrons. The number of benzene rings is 1. The Hall–Kier alpha value is -2.98. The first kappa shape index (κ1) is 20.0. The highest BCUT2D eigenvalue weighted by Crippen LogP contribution is 2.31. The van der Waals surface area contributed by atoms with Crippen LogP contribution in [0, 0.1) is 0 Å². The Morgan fingerprint density at radius 1 is 1.10 bits per heavy atom. The first-order valence-electron chi connectivity index (χ1n) is 10.6. The van der Waals surface area contributed by atoms with Crippen LogP contribution in [0.1, 0.15) is 18.9 Å². The average molecular weight is 425 g/mol. The molecule has 5 rings (SSSR count).